The minimum absolute atomic E-state index is 0.290. The third-order valence-electron chi connectivity index (χ3n) is 6.97. The van der Waals surface area contributed by atoms with Gasteiger partial charge in [0.15, 0.2) is 0 Å². The molecular formula is C30H35ClN6O4Si. The SMILES string of the molecule is COC(=O)C(C)Cn1cc(-c2cnc3ccc(Oc4ccc5nc(C)n(COCC[Si](C)(C)C)c5c4)c(Cl)c3n2)cn1. The Labute approximate surface area is 250 Å². The van der Waals surface area contributed by atoms with Gasteiger partial charge in [-0.3, -0.25) is 14.5 Å². The van der Waals surface area contributed by atoms with Crippen molar-refractivity contribution in [3.63, 3.8) is 0 Å². The number of rotatable bonds is 11. The van der Waals surface area contributed by atoms with Crippen LogP contribution >= 0.6 is 11.6 Å². The molecule has 12 heteroatoms. The van der Waals surface area contributed by atoms with Crippen molar-refractivity contribution in [3.05, 3.63) is 59.8 Å². The Balaban J connectivity index is 1.37. The fraction of sp³-hybridized carbons (Fsp3) is 0.367. The third kappa shape index (κ3) is 6.64. The molecule has 0 bridgehead atoms. The molecule has 2 aromatic carbocycles. The van der Waals surface area contributed by atoms with Crippen LogP contribution in [0, 0.1) is 12.8 Å². The lowest BCUT2D eigenvalue weighted by Gasteiger charge is -2.16. The van der Waals surface area contributed by atoms with Crippen LogP contribution in [0.3, 0.4) is 0 Å². The molecule has 5 rings (SSSR count). The summed E-state index contributed by atoms with van der Waals surface area (Å²) in [4.78, 5) is 25.8. The van der Waals surface area contributed by atoms with Crippen LogP contribution in [0.5, 0.6) is 11.5 Å². The summed E-state index contributed by atoms with van der Waals surface area (Å²) in [6.07, 6.45) is 5.18. The molecule has 1 unspecified atom stereocenters. The summed E-state index contributed by atoms with van der Waals surface area (Å²) in [5, 5.41) is 4.72. The van der Waals surface area contributed by atoms with Crippen LogP contribution in [0.1, 0.15) is 12.7 Å². The topological polar surface area (TPSA) is 106 Å². The van der Waals surface area contributed by atoms with Gasteiger partial charge in [0.25, 0.3) is 0 Å². The molecule has 3 aromatic heterocycles. The Bertz CT molecular complexity index is 1750. The van der Waals surface area contributed by atoms with Crippen LogP contribution in [0.15, 0.2) is 48.9 Å². The minimum atomic E-state index is -1.17. The molecule has 0 N–H and O–H groups in total. The number of hydrogen-bond acceptors (Lipinski definition) is 8. The van der Waals surface area contributed by atoms with Crippen molar-refractivity contribution >= 4 is 47.7 Å². The number of esters is 1. The Morgan fingerprint density at radius 3 is 2.64 bits per heavy atom. The average molecular weight is 607 g/mol. The van der Waals surface area contributed by atoms with E-state index in [2.05, 4.69) is 39.3 Å². The van der Waals surface area contributed by atoms with E-state index < -0.39 is 8.07 Å². The van der Waals surface area contributed by atoms with Crippen molar-refractivity contribution in [2.45, 2.75) is 52.8 Å². The van der Waals surface area contributed by atoms with Crippen molar-refractivity contribution < 1.29 is 19.0 Å². The standard InChI is InChI=1S/C30H35ClN6O4Si/c1-19(30(38)39-3)16-36-17-21(14-33-36)25-15-32-24-9-10-27(28(31)29(24)35-25)41-22-7-8-23-26(13-22)37(20(2)34-23)18-40-11-12-42(4,5)6/h7-10,13-15,17,19H,11-12,16,18H2,1-6H3. The summed E-state index contributed by atoms with van der Waals surface area (Å²) < 4.78 is 20.8. The van der Waals surface area contributed by atoms with Crippen molar-refractivity contribution in [1.82, 2.24) is 29.3 Å². The molecule has 0 radical (unpaired) electrons. The van der Waals surface area contributed by atoms with Crippen molar-refractivity contribution in [2.75, 3.05) is 13.7 Å². The van der Waals surface area contributed by atoms with Crippen molar-refractivity contribution in [1.29, 1.82) is 0 Å². The van der Waals surface area contributed by atoms with Gasteiger partial charge in [-0.2, -0.15) is 5.10 Å². The van der Waals surface area contributed by atoms with Gasteiger partial charge in [-0.25, -0.2) is 9.97 Å². The lowest BCUT2D eigenvalue weighted by molar-refractivity contribution is -0.145. The maximum absolute atomic E-state index is 11.8. The summed E-state index contributed by atoms with van der Waals surface area (Å²) in [6.45, 7) is 12.3. The van der Waals surface area contributed by atoms with Crippen LogP contribution in [-0.4, -0.2) is 57.1 Å². The number of halogens is 1. The number of hydrogen-bond donors (Lipinski definition) is 0. The molecule has 0 aliphatic rings. The first-order valence-electron chi connectivity index (χ1n) is 13.8. The van der Waals surface area contributed by atoms with E-state index in [1.165, 1.54) is 7.11 Å². The van der Waals surface area contributed by atoms with E-state index in [4.69, 9.17) is 30.8 Å². The van der Waals surface area contributed by atoms with Crippen LogP contribution in [0.4, 0.5) is 0 Å². The summed E-state index contributed by atoms with van der Waals surface area (Å²) in [6, 6.07) is 10.5. The molecule has 1 atom stereocenters. The molecule has 220 valence electrons. The molecule has 0 saturated carbocycles. The molecule has 10 nitrogen and oxygen atoms in total. The van der Waals surface area contributed by atoms with Crippen molar-refractivity contribution in [3.8, 4) is 22.8 Å². The highest BCUT2D eigenvalue weighted by Crippen LogP contribution is 2.36. The first-order valence-corrected chi connectivity index (χ1v) is 17.9. The quantitative estimate of drug-likeness (QED) is 0.0927. The van der Waals surface area contributed by atoms with E-state index in [0.717, 1.165) is 35.1 Å². The molecular weight excluding hydrogens is 572 g/mol. The largest absolute Gasteiger partial charge is 0.469 e. The first kappa shape index (κ1) is 29.7. The normalized spacial score (nSPS) is 12.6. The van der Waals surface area contributed by atoms with E-state index in [1.807, 2.05) is 37.4 Å². The predicted molar refractivity (Wildman–Crippen MR) is 166 cm³/mol. The van der Waals surface area contributed by atoms with E-state index in [1.54, 1.807) is 30.1 Å². The summed E-state index contributed by atoms with van der Waals surface area (Å²) in [5.74, 6) is 1.35. The van der Waals surface area contributed by atoms with Crippen molar-refractivity contribution in [2.24, 2.45) is 5.92 Å². The van der Waals surface area contributed by atoms with Crippen LogP contribution in [0.25, 0.3) is 33.3 Å². The maximum Gasteiger partial charge on any atom is 0.310 e. The second-order valence-corrected chi connectivity index (χ2v) is 17.6. The number of nitrogens with zero attached hydrogens (tertiary/aromatic N) is 6. The van der Waals surface area contributed by atoms with E-state index in [-0.39, 0.29) is 11.9 Å². The van der Waals surface area contributed by atoms with Crippen LogP contribution < -0.4 is 4.74 Å². The van der Waals surface area contributed by atoms with Gasteiger partial charge in [-0.15, -0.1) is 0 Å². The predicted octanol–water partition coefficient (Wildman–Crippen LogP) is 6.72. The van der Waals surface area contributed by atoms with Gasteiger partial charge in [0, 0.05) is 32.5 Å². The Kier molecular flexibility index (Phi) is 8.62. The Morgan fingerprint density at radius 1 is 1.10 bits per heavy atom. The van der Waals surface area contributed by atoms with Gasteiger partial charge >= 0.3 is 5.97 Å². The summed E-state index contributed by atoms with van der Waals surface area (Å²) >= 11 is 6.82. The van der Waals surface area contributed by atoms with E-state index in [0.29, 0.717) is 46.5 Å². The van der Waals surface area contributed by atoms with Gasteiger partial charge in [-0.1, -0.05) is 38.2 Å². The number of aryl methyl sites for hydroxylation is 1. The van der Waals surface area contributed by atoms with Gasteiger partial charge in [0.05, 0.1) is 54.2 Å². The number of aromatic nitrogens is 6. The fourth-order valence-electron chi connectivity index (χ4n) is 4.51. The van der Waals surface area contributed by atoms with E-state index >= 15 is 0 Å². The highest BCUT2D eigenvalue weighted by Gasteiger charge is 2.17. The molecule has 0 aliphatic carbocycles. The number of carbonyl (C=O) groups is 1. The van der Waals surface area contributed by atoms with Gasteiger partial charge in [-0.05, 0) is 37.2 Å². The summed E-state index contributed by atoms with van der Waals surface area (Å²) in [7, 11) is 0.207. The smallest absolute Gasteiger partial charge is 0.310 e. The lowest BCUT2D eigenvalue weighted by Crippen LogP contribution is -2.22. The number of methoxy groups -OCH3 is 1. The average Bonchev–Trinajstić information content (AvgIpc) is 3.55. The van der Waals surface area contributed by atoms with Gasteiger partial charge < -0.3 is 18.8 Å². The molecule has 3 heterocycles. The number of fused-ring (bicyclic) bond motifs is 2. The first-order chi connectivity index (χ1) is 20.0. The number of carbonyl (C=O) groups excluding carboxylic acids is 1. The van der Waals surface area contributed by atoms with Gasteiger partial charge in [0.1, 0.15) is 34.6 Å². The number of ether oxygens (including phenoxy) is 3. The zero-order chi connectivity index (χ0) is 30.0. The van der Waals surface area contributed by atoms with E-state index in [9.17, 15) is 4.79 Å². The summed E-state index contributed by atoms with van der Waals surface area (Å²) in [5.41, 5.74) is 4.31. The molecule has 0 amide bonds. The molecule has 0 spiro atoms. The molecule has 5 aromatic rings. The monoisotopic (exact) mass is 606 g/mol. The lowest BCUT2D eigenvalue weighted by atomic mass is 10.2. The molecule has 0 saturated heterocycles. The second-order valence-electron chi connectivity index (χ2n) is 11.6. The third-order valence-corrected chi connectivity index (χ3v) is 9.04. The molecule has 0 fully saturated rings. The Hall–Kier alpha value is -3.80. The molecule has 0 aliphatic heterocycles. The molecule has 42 heavy (non-hydrogen) atoms. The minimum Gasteiger partial charge on any atom is -0.469 e. The van der Waals surface area contributed by atoms with Crippen LogP contribution in [-0.2, 0) is 27.5 Å². The maximum atomic E-state index is 11.8. The number of benzene rings is 2. The zero-order valence-corrected chi connectivity index (χ0v) is 26.5. The number of imidazole rings is 1. The Morgan fingerprint density at radius 2 is 1.88 bits per heavy atom. The fourth-order valence-corrected chi connectivity index (χ4v) is 5.50. The van der Waals surface area contributed by atoms with Gasteiger partial charge in [0.2, 0.25) is 0 Å². The highest BCUT2D eigenvalue weighted by molar-refractivity contribution is 6.76. The second kappa shape index (κ2) is 12.2. The van der Waals surface area contributed by atoms with Crippen LogP contribution in [0.2, 0.25) is 30.7 Å². The highest BCUT2D eigenvalue weighted by atomic mass is 35.5. The zero-order valence-electron chi connectivity index (χ0n) is 24.7.